The van der Waals surface area contributed by atoms with Crippen molar-refractivity contribution in [1.82, 2.24) is 0 Å². The summed E-state index contributed by atoms with van der Waals surface area (Å²) in [5, 5.41) is 18.2. The molecular weight excluding hydrogens is 462 g/mol. The average molecular weight is 486 g/mol. The monoisotopic (exact) mass is 485 g/mol. The van der Waals surface area contributed by atoms with Crippen molar-refractivity contribution in [1.29, 1.82) is 0 Å². The van der Waals surface area contributed by atoms with E-state index in [0.29, 0.717) is 5.69 Å². The molecule has 0 bridgehead atoms. The van der Waals surface area contributed by atoms with E-state index in [0.717, 1.165) is 44.5 Å². The minimum absolute atomic E-state index is 0.261. The molecule has 0 saturated carbocycles. The van der Waals surface area contributed by atoms with Crippen LogP contribution in [0.1, 0.15) is 20.7 Å². The van der Waals surface area contributed by atoms with E-state index in [2.05, 4.69) is 0 Å². The SMILES string of the molecule is Nc1cc(-c2ccc(-c3ccc(C(=O)O)cc3)cc2)ccc1-c1ccc(-c2ccc(C(=O)O)cc2)cc1. The molecular formula is C32H23NO4. The first-order chi connectivity index (χ1) is 17.9. The summed E-state index contributed by atoms with van der Waals surface area (Å²) in [7, 11) is 0. The molecule has 37 heavy (non-hydrogen) atoms. The Kier molecular flexibility index (Phi) is 6.27. The Hall–Kier alpha value is -5.16. The molecule has 0 radical (unpaired) electrons. The summed E-state index contributed by atoms with van der Waals surface area (Å²) in [6, 6.07) is 35.7. The highest BCUT2D eigenvalue weighted by atomic mass is 16.4. The third-order valence-electron chi connectivity index (χ3n) is 6.40. The van der Waals surface area contributed by atoms with Gasteiger partial charge in [0.2, 0.25) is 0 Å². The van der Waals surface area contributed by atoms with E-state index in [1.165, 1.54) is 0 Å². The number of anilines is 1. The van der Waals surface area contributed by atoms with Crippen LogP contribution in [0.15, 0.2) is 115 Å². The molecule has 0 unspecified atom stereocenters. The molecule has 0 heterocycles. The second-order valence-electron chi connectivity index (χ2n) is 8.72. The zero-order valence-electron chi connectivity index (χ0n) is 19.8. The van der Waals surface area contributed by atoms with Gasteiger partial charge in [0.25, 0.3) is 0 Å². The van der Waals surface area contributed by atoms with Crippen molar-refractivity contribution < 1.29 is 19.8 Å². The Balaban J connectivity index is 1.34. The minimum Gasteiger partial charge on any atom is -0.478 e. The maximum Gasteiger partial charge on any atom is 0.335 e. The lowest BCUT2D eigenvalue weighted by molar-refractivity contribution is 0.0686. The second-order valence-corrected chi connectivity index (χ2v) is 8.72. The number of carboxylic acids is 2. The molecule has 180 valence electrons. The maximum atomic E-state index is 11.1. The number of rotatable bonds is 6. The van der Waals surface area contributed by atoms with Crippen LogP contribution in [0.5, 0.6) is 0 Å². The van der Waals surface area contributed by atoms with Gasteiger partial charge in [-0.1, -0.05) is 84.9 Å². The van der Waals surface area contributed by atoms with E-state index >= 15 is 0 Å². The van der Waals surface area contributed by atoms with Gasteiger partial charge < -0.3 is 15.9 Å². The molecule has 0 fully saturated rings. The first kappa shape index (κ1) is 23.6. The van der Waals surface area contributed by atoms with E-state index in [4.69, 9.17) is 15.9 Å². The molecule has 0 aliphatic heterocycles. The van der Waals surface area contributed by atoms with Gasteiger partial charge >= 0.3 is 11.9 Å². The van der Waals surface area contributed by atoms with Crippen molar-refractivity contribution in [2.24, 2.45) is 0 Å². The predicted octanol–water partition coefficient (Wildman–Crippen LogP) is 7.33. The van der Waals surface area contributed by atoms with Crippen LogP contribution >= 0.6 is 0 Å². The van der Waals surface area contributed by atoms with Gasteiger partial charge in [0, 0.05) is 11.3 Å². The summed E-state index contributed by atoms with van der Waals surface area (Å²) in [5.74, 6) is -1.88. The van der Waals surface area contributed by atoms with Crippen LogP contribution in [0.2, 0.25) is 0 Å². The first-order valence-electron chi connectivity index (χ1n) is 11.7. The highest BCUT2D eigenvalue weighted by Gasteiger charge is 2.09. The van der Waals surface area contributed by atoms with Crippen LogP contribution in [0, 0.1) is 0 Å². The lowest BCUT2D eigenvalue weighted by Gasteiger charge is -2.11. The maximum absolute atomic E-state index is 11.1. The largest absolute Gasteiger partial charge is 0.478 e. The summed E-state index contributed by atoms with van der Waals surface area (Å²) < 4.78 is 0. The van der Waals surface area contributed by atoms with Gasteiger partial charge in [0.05, 0.1) is 11.1 Å². The number of hydrogen-bond donors (Lipinski definition) is 3. The van der Waals surface area contributed by atoms with E-state index in [1.54, 1.807) is 36.4 Å². The fourth-order valence-corrected chi connectivity index (χ4v) is 4.31. The highest BCUT2D eigenvalue weighted by molar-refractivity contribution is 5.89. The lowest BCUT2D eigenvalue weighted by atomic mass is 9.95. The van der Waals surface area contributed by atoms with Crippen LogP contribution in [0.25, 0.3) is 44.5 Å². The Bertz CT molecular complexity index is 1590. The quantitative estimate of drug-likeness (QED) is 0.219. The number of aromatic carboxylic acids is 2. The van der Waals surface area contributed by atoms with Gasteiger partial charge in [-0.05, 0) is 69.3 Å². The zero-order valence-corrected chi connectivity index (χ0v) is 19.8. The fourth-order valence-electron chi connectivity index (χ4n) is 4.31. The third kappa shape index (κ3) is 4.97. The Morgan fingerprint density at radius 3 is 1.08 bits per heavy atom. The van der Waals surface area contributed by atoms with Crippen molar-refractivity contribution in [3.05, 3.63) is 126 Å². The molecule has 0 aliphatic carbocycles. The van der Waals surface area contributed by atoms with E-state index in [-0.39, 0.29) is 11.1 Å². The summed E-state index contributed by atoms with van der Waals surface area (Å²) in [4.78, 5) is 22.1. The van der Waals surface area contributed by atoms with Crippen molar-refractivity contribution >= 4 is 17.6 Å². The van der Waals surface area contributed by atoms with Crippen LogP contribution in [0.3, 0.4) is 0 Å². The normalized spacial score (nSPS) is 10.7. The Morgan fingerprint density at radius 1 is 0.432 bits per heavy atom. The van der Waals surface area contributed by atoms with Crippen LogP contribution in [-0.4, -0.2) is 22.2 Å². The van der Waals surface area contributed by atoms with E-state index in [1.807, 2.05) is 78.9 Å². The summed E-state index contributed by atoms with van der Waals surface area (Å²) >= 11 is 0. The first-order valence-corrected chi connectivity index (χ1v) is 11.7. The van der Waals surface area contributed by atoms with Crippen molar-refractivity contribution in [2.75, 3.05) is 5.73 Å². The molecule has 5 rings (SSSR count). The number of benzene rings is 5. The third-order valence-corrected chi connectivity index (χ3v) is 6.40. The molecule has 0 aliphatic rings. The molecule has 0 saturated heterocycles. The van der Waals surface area contributed by atoms with Gasteiger partial charge in [0.1, 0.15) is 0 Å². The van der Waals surface area contributed by atoms with Gasteiger partial charge in [0.15, 0.2) is 0 Å². The van der Waals surface area contributed by atoms with Crippen LogP contribution in [0.4, 0.5) is 5.69 Å². The predicted molar refractivity (Wildman–Crippen MR) is 147 cm³/mol. The fraction of sp³-hybridized carbons (Fsp3) is 0. The summed E-state index contributed by atoms with van der Waals surface area (Å²) in [6.07, 6.45) is 0. The van der Waals surface area contributed by atoms with Gasteiger partial charge in [-0.3, -0.25) is 0 Å². The highest BCUT2D eigenvalue weighted by Crippen LogP contribution is 2.33. The molecule has 4 N–H and O–H groups in total. The molecule has 5 nitrogen and oxygen atoms in total. The van der Waals surface area contributed by atoms with E-state index < -0.39 is 11.9 Å². The molecule has 0 aromatic heterocycles. The van der Waals surface area contributed by atoms with Crippen LogP contribution in [-0.2, 0) is 0 Å². The Morgan fingerprint density at radius 2 is 0.730 bits per heavy atom. The number of nitrogen functional groups attached to an aromatic ring is 1. The van der Waals surface area contributed by atoms with Crippen LogP contribution < -0.4 is 5.73 Å². The standard InChI is InChI=1S/C32H23NO4/c33-30-19-28(24-3-1-20(2-4-24)22-7-13-26(14-8-22)31(34)35)17-18-29(30)25-11-5-21(6-12-25)23-9-15-27(16-10-23)32(36)37/h1-19H,33H2,(H,34,35)(H,36,37). The number of carboxylic acid groups (broad SMARTS) is 2. The molecule has 5 aromatic rings. The number of hydrogen-bond acceptors (Lipinski definition) is 3. The van der Waals surface area contributed by atoms with Gasteiger partial charge in [-0.25, -0.2) is 9.59 Å². The molecule has 5 aromatic carbocycles. The lowest BCUT2D eigenvalue weighted by Crippen LogP contribution is -1.95. The molecule has 0 atom stereocenters. The zero-order chi connectivity index (χ0) is 25.9. The second kappa shape index (κ2) is 9.84. The molecule has 0 spiro atoms. The van der Waals surface area contributed by atoms with Gasteiger partial charge in [-0.2, -0.15) is 0 Å². The molecule has 0 amide bonds. The number of nitrogens with two attached hydrogens (primary N) is 1. The minimum atomic E-state index is -0.941. The summed E-state index contributed by atoms with van der Waals surface area (Å²) in [6.45, 7) is 0. The van der Waals surface area contributed by atoms with E-state index in [9.17, 15) is 9.59 Å². The van der Waals surface area contributed by atoms with Gasteiger partial charge in [-0.15, -0.1) is 0 Å². The summed E-state index contributed by atoms with van der Waals surface area (Å²) in [5.41, 5.74) is 15.5. The topological polar surface area (TPSA) is 101 Å². The number of carbonyl (C=O) groups is 2. The van der Waals surface area contributed by atoms with Crippen molar-refractivity contribution in [3.63, 3.8) is 0 Å². The smallest absolute Gasteiger partial charge is 0.335 e. The average Bonchev–Trinajstić information content (AvgIpc) is 2.93. The Labute approximate surface area is 214 Å². The van der Waals surface area contributed by atoms with Crippen molar-refractivity contribution in [3.8, 4) is 44.5 Å². The molecule has 5 heteroatoms. The van der Waals surface area contributed by atoms with Crippen molar-refractivity contribution in [2.45, 2.75) is 0 Å².